The lowest BCUT2D eigenvalue weighted by molar-refractivity contribution is 0.0601. The van der Waals surface area contributed by atoms with Crippen LogP contribution in [-0.4, -0.2) is 49.4 Å². The highest BCUT2D eigenvalue weighted by Crippen LogP contribution is 2.38. The van der Waals surface area contributed by atoms with Gasteiger partial charge in [-0.3, -0.25) is 4.31 Å². The Morgan fingerprint density at radius 1 is 0.966 bits per heavy atom. The molecule has 0 heterocycles. The lowest BCUT2D eigenvalue weighted by Crippen LogP contribution is -2.32. The first kappa shape index (κ1) is 22.6. The number of anilines is 1. The molecule has 0 aliphatic carbocycles. The molecule has 0 unspecified atom stereocenters. The van der Waals surface area contributed by atoms with Crippen molar-refractivity contribution in [3.63, 3.8) is 0 Å². The molecule has 0 amide bonds. The van der Waals surface area contributed by atoms with Crippen LogP contribution in [0.3, 0.4) is 0 Å². The van der Waals surface area contributed by atoms with Crippen LogP contribution in [0.5, 0.6) is 17.2 Å². The van der Waals surface area contributed by atoms with Crippen molar-refractivity contribution >= 4 is 33.3 Å². The van der Waals surface area contributed by atoms with E-state index in [0.717, 1.165) is 4.31 Å². The molecule has 2 aromatic carbocycles. The van der Waals surface area contributed by atoms with Gasteiger partial charge >= 0.3 is 5.97 Å². The van der Waals surface area contributed by atoms with Crippen molar-refractivity contribution in [1.82, 2.24) is 0 Å². The number of hydrogen-bond donors (Lipinski definition) is 0. The molecule has 0 atom stereocenters. The number of ether oxygens (including phenoxy) is 4. The van der Waals surface area contributed by atoms with Gasteiger partial charge in [-0.2, -0.15) is 0 Å². The minimum atomic E-state index is -4.07. The largest absolute Gasteiger partial charge is 0.495 e. The van der Waals surface area contributed by atoms with Crippen molar-refractivity contribution in [3.8, 4) is 17.2 Å². The minimum absolute atomic E-state index is 0.00943. The van der Waals surface area contributed by atoms with E-state index in [1.54, 1.807) is 6.92 Å². The zero-order valence-corrected chi connectivity index (χ0v) is 18.3. The van der Waals surface area contributed by atoms with Crippen molar-refractivity contribution in [2.24, 2.45) is 0 Å². The van der Waals surface area contributed by atoms with E-state index in [9.17, 15) is 13.2 Å². The van der Waals surface area contributed by atoms with Crippen molar-refractivity contribution in [2.75, 3.05) is 39.3 Å². The second-order valence-corrected chi connectivity index (χ2v) is 7.95. The predicted octanol–water partition coefficient (Wildman–Crippen LogP) is 3.37. The van der Waals surface area contributed by atoms with E-state index >= 15 is 0 Å². The molecule has 29 heavy (non-hydrogen) atoms. The average molecular weight is 444 g/mol. The van der Waals surface area contributed by atoms with Crippen LogP contribution in [0.2, 0.25) is 5.02 Å². The molecule has 0 saturated carbocycles. The fourth-order valence-corrected chi connectivity index (χ4v) is 4.59. The summed E-state index contributed by atoms with van der Waals surface area (Å²) in [5, 5.41) is 0.144. The Bertz CT molecular complexity index is 1010. The molecule has 8 nitrogen and oxygen atoms in total. The van der Waals surface area contributed by atoms with Crippen LogP contribution >= 0.6 is 11.6 Å². The van der Waals surface area contributed by atoms with Gasteiger partial charge in [-0.1, -0.05) is 11.6 Å². The maximum Gasteiger partial charge on any atom is 0.340 e. The summed E-state index contributed by atoms with van der Waals surface area (Å²) in [5.74, 6) is 0.145. The van der Waals surface area contributed by atoms with E-state index < -0.39 is 16.0 Å². The Balaban J connectivity index is 2.71. The van der Waals surface area contributed by atoms with Gasteiger partial charge in [0, 0.05) is 18.7 Å². The molecule has 2 aromatic rings. The number of carbonyl (C=O) groups excluding carboxylic acids is 1. The van der Waals surface area contributed by atoms with Crippen molar-refractivity contribution in [3.05, 3.63) is 40.9 Å². The SMILES string of the molecule is CCN(c1cc(OC)c(OC)cc1C(=O)OC)S(=O)(=O)c1ccc(OC)c(Cl)c1. The quantitative estimate of drug-likeness (QED) is 0.577. The summed E-state index contributed by atoms with van der Waals surface area (Å²) < 4.78 is 48.1. The van der Waals surface area contributed by atoms with E-state index in [-0.39, 0.29) is 39.2 Å². The fraction of sp³-hybridized carbons (Fsp3) is 0.316. The van der Waals surface area contributed by atoms with Crippen LogP contribution in [0.1, 0.15) is 17.3 Å². The number of halogens is 1. The molecule has 0 fully saturated rings. The molecule has 0 aliphatic rings. The topological polar surface area (TPSA) is 91.4 Å². The van der Waals surface area contributed by atoms with Gasteiger partial charge in [-0.05, 0) is 25.1 Å². The first-order chi connectivity index (χ1) is 13.7. The lowest BCUT2D eigenvalue weighted by Gasteiger charge is -2.26. The Morgan fingerprint density at radius 2 is 1.55 bits per heavy atom. The number of esters is 1. The third-order valence-electron chi connectivity index (χ3n) is 4.17. The summed E-state index contributed by atoms with van der Waals surface area (Å²) in [6, 6.07) is 6.91. The Morgan fingerprint density at radius 3 is 2.03 bits per heavy atom. The molecule has 0 spiro atoms. The van der Waals surface area contributed by atoms with E-state index in [0.29, 0.717) is 5.75 Å². The van der Waals surface area contributed by atoms with Crippen molar-refractivity contribution < 1.29 is 32.2 Å². The summed E-state index contributed by atoms with van der Waals surface area (Å²) in [6.45, 7) is 1.67. The summed E-state index contributed by atoms with van der Waals surface area (Å²) >= 11 is 6.10. The van der Waals surface area contributed by atoms with E-state index in [1.165, 1.54) is 58.8 Å². The normalized spacial score (nSPS) is 11.0. The zero-order valence-electron chi connectivity index (χ0n) is 16.7. The minimum Gasteiger partial charge on any atom is -0.495 e. The van der Waals surface area contributed by atoms with E-state index in [4.69, 9.17) is 30.5 Å². The van der Waals surface area contributed by atoms with Gasteiger partial charge in [0.25, 0.3) is 10.0 Å². The molecular weight excluding hydrogens is 422 g/mol. The number of hydrogen-bond acceptors (Lipinski definition) is 7. The van der Waals surface area contributed by atoms with Crippen LogP contribution in [0.4, 0.5) is 5.69 Å². The summed E-state index contributed by atoms with van der Waals surface area (Å²) in [5.41, 5.74) is 0.0964. The van der Waals surface area contributed by atoms with Crippen LogP contribution in [0.15, 0.2) is 35.2 Å². The lowest BCUT2D eigenvalue weighted by atomic mass is 10.1. The van der Waals surface area contributed by atoms with E-state index in [1.807, 2.05) is 0 Å². The van der Waals surface area contributed by atoms with Gasteiger partial charge in [0.2, 0.25) is 0 Å². The van der Waals surface area contributed by atoms with Crippen LogP contribution in [-0.2, 0) is 14.8 Å². The fourth-order valence-electron chi connectivity index (χ4n) is 2.75. The first-order valence-corrected chi connectivity index (χ1v) is 10.3. The molecule has 2 rings (SSSR count). The van der Waals surface area contributed by atoms with Crippen LogP contribution in [0.25, 0.3) is 0 Å². The Kier molecular flexibility index (Phi) is 7.21. The molecule has 0 N–H and O–H groups in total. The number of carbonyl (C=O) groups is 1. The third-order valence-corrected chi connectivity index (χ3v) is 6.35. The number of benzene rings is 2. The van der Waals surface area contributed by atoms with E-state index in [2.05, 4.69) is 0 Å². The molecule has 0 bridgehead atoms. The third kappa shape index (κ3) is 4.35. The van der Waals surface area contributed by atoms with Crippen molar-refractivity contribution in [2.45, 2.75) is 11.8 Å². The number of sulfonamides is 1. The predicted molar refractivity (Wildman–Crippen MR) is 109 cm³/mol. The van der Waals surface area contributed by atoms with Gasteiger partial charge in [0.05, 0.1) is 49.6 Å². The molecule has 0 saturated heterocycles. The van der Waals surface area contributed by atoms with Gasteiger partial charge in [-0.25, -0.2) is 13.2 Å². The second kappa shape index (κ2) is 9.23. The highest BCUT2D eigenvalue weighted by atomic mass is 35.5. The summed E-state index contributed by atoms with van der Waals surface area (Å²) in [7, 11) is 1.38. The maximum atomic E-state index is 13.3. The number of methoxy groups -OCH3 is 4. The zero-order chi connectivity index (χ0) is 21.8. The van der Waals surface area contributed by atoms with Gasteiger partial charge in [0.1, 0.15) is 5.75 Å². The maximum absolute atomic E-state index is 13.3. The summed E-state index contributed by atoms with van der Waals surface area (Å²) in [6.07, 6.45) is 0. The summed E-state index contributed by atoms with van der Waals surface area (Å²) in [4.78, 5) is 12.3. The van der Waals surface area contributed by atoms with Crippen LogP contribution < -0.4 is 18.5 Å². The standard InChI is InChI=1S/C19H22ClNO7S/c1-6-21(29(23,24)12-7-8-16(25-2)14(20)9-12)15-11-18(27-4)17(26-3)10-13(15)19(22)28-5/h7-11H,6H2,1-5H3. The molecule has 0 radical (unpaired) electrons. The van der Waals surface area contributed by atoms with Gasteiger partial charge in [-0.15, -0.1) is 0 Å². The second-order valence-electron chi connectivity index (χ2n) is 5.68. The molecule has 158 valence electrons. The Hall–Kier alpha value is -2.65. The average Bonchev–Trinajstić information content (AvgIpc) is 2.72. The highest BCUT2D eigenvalue weighted by Gasteiger charge is 2.30. The van der Waals surface area contributed by atoms with Crippen molar-refractivity contribution in [1.29, 1.82) is 0 Å². The molecule has 0 aliphatic heterocycles. The highest BCUT2D eigenvalue weighted by molar-refractivity contribution is 7.92. The first-order valence-electron chi connectivity index (χ1n) is 8.45. The monoisotopic (exact) mass is 443 g/mol. The number of nitrogens with zero attached hydrogens (tertiary/aromatic N) is 1. The molecular formula is C19H22ClNO7S. The molecule has 0 aromatic heterocycles. The Labute approximate surface area is 174 Å². The number of rotatable bonds is 8. The van der Waals surface area contributed by atoms with Gasteiger partial charge in [0.15, 0.2) is 11.5 Å². The smallest absolute Gasteiger partial charge is 0.340 e. The van der Waals surface area contributed by atoms with Gasteiger partial charge < -0.3 is 18.9 Å². The molecule has 10 heteroatoms. The van der Waals surface area contributed by atoms with Crippen LogP contribution in [0, 0.1) is 0 Å².